The topological polar surface area (TPSA) is 307 Å². The molecule has 3 aliphatic heterocycles. The van der Waals surface area contributed by atoms with E-state index in [4.69, 9.17) is 28.4 Å². The van der Waals surface area contributed by atoms with Crippen molar-refractivity contribution >= 4 is 5.91 Å². The minimum absolute atomic E-state index is 0.241. The number of nitrogens with one attached hydrogen (secondary N) is 1. The van der Waals surface area contributed by atoms with Crippen molar-refractivity contribution in [2.24, 2.45) is 0 Å². The number of hydrogen-bond acceptors (Lipinski definition) is 18. The fraction of sp³-hybridized carbons (Fsp3) is 0.930. The molecular formula is C71H133NO18. The van der Waals surface area contributed by atoms with Gasteiger partial charge in [0.1, 0.15) is 73.2 Å². The molecule has 0 aromatic rings. The van der Waals surface area contributed by atoms with E-state index >= 15 is 0 Å². The van der Waals surface area contributed by atoms with Crippen LogP contribution >= 0.6 is 0 Å². The lowest BCUT2D eigenvalue weighted by atomic mass is 9.96. The Morgan fingerprint density at radius 3 is 1.11 bits per heavy atom. The first-order chi connectivity index (χ1) is 43.8. The number of ether oxygens (including phenoxy) is 6. The summed E-state index contributed by atoms with van der Waals surface area (Å²) < 4.78 is 34.4. The second kappa shape index (κ2) is 53.4. The Kier molecular flexibility index (Phi) is 49.0. The number of rotatable bonds is 57. The van der Waals surface area contributed by atoms with Crippen LogP contribution in [0.3, 0.4) is 0 Å². The Bertz CT molecular complexity index is 1730. The predicted octanol–water partition coefficient (Wildman–Crippen LogP) is 10.2. The molecule has 17 unspecified atom stereocenters. The molecule has 3 rings (SSSR count). The van der Waals surface area contributed by atoms with Crippen molar-refractivity contribution in [3.63, 3.8) is 0 Å². The molecule has 3 aliphatic rings. The maximum atomic E-state index is 13.4. The third-order valence-electron chi connectivity index (χ3n) is 18.5. The summed E-state index contributed by atoms with van der Waals surface area (Å²) >= 11 is 0. The molecule has 19 nitrogen and oxygen atoms in total. The van der Waals surface area contributed by atoms with Gasteiger partial charge >= 0.3 is 0 Å². The molecule has 17 atom stereocenters. The summed E-state index contributed by atoms with van der Waals surface area (Å²) in [4.78, 5) is 13.4. The normalized spacial score (nSPS) is 28.1. The van der Waals surface area contributed by atoms with Gasteiger partial charge in [-0.15, -0.1) is 0 Å². The van der Waals surface area contributed by atoms with Gasteiger partial charge in [0.05, 0.1) is 38.6 Å². The summed E-state index contributed by atoms with van der Waals surface area (Å²) in [6.07, 6.45) is 34.5. The Labute approximate surface area is 543 Å². The number of allylic oxidation sites excluding steroid dienone is 3. The lowest BCUT2D eigenvalue weighted by molar-refractivity contribution is -0.379. The third kappa shape index (κ3) is 34.8. The quantitative estimate of drug-likeness (QED) is 0.0199. The Hall–Kier alpha value is -1.73. The third-order valence-corrected chi connectivity index (χ3v) is 18.5. The first-order valence-electron chi connectivity index (χ1n) is 36.6. The lowest BCUT2D eigenvalue weighted by Crippen LogP contribution is -2.66. The number of amides is 1. The van der Waals surface area contributed by atoms with Crippen LogP contribution in [0.5, 0.6) is 0 Å². The van der Waals surface area contributed by atoms with Crippen LogP contribution in [0.15, 0.2) is 24.3 Å². The van der Waals surface area contributed by atoms with Gasteiger partial charge in [0, 0.05) is 6.42 Å². The highest BCUT2D eigenvalue weighted by Crippen LogP contribution is 2.33. The van der Waals surface area contributed by atoms with Gasteiger partial charge in [0.25, 0.3) is 0 Å². The first kappa shape index (κ1) is 82.5. The summed E-state index contributed by atoms with van der Waals surface area (Å²) in [5.41, 5.74) is 0. The number of unbranched alkanes of at least 4 members (excludes halogenated alkanes) is 39. The summed E-state index contributed by atoms with van der Waals surface area (Å²) in [6.45, 7) is 1.76. The van der Waals surface area contributed by atoms with Gasteiger partial charge in [-0.3, -0.25) is 4.79 Å². The van der Waals surface area contributed by atoms with Crippen molar-refractivity contribution in [2.45, 2.75) is 394 Å². The number of carbonyl (C=O) groups is 1. The molecule has 0 saturated carbocycles. The van der Waals surface area contributed by atoms with Crippen LogP contribution in [-0.4, -0.2) is 193 Å². The maximum absolute atomic E-state index is 13.4. The van der Waals surface area contributed by atoms with E-state index in [0.29, 0.717) is 12.8 Å². The van der Waals surface area contributed by atoms with E-state index in [2.05, 4.69) is 31.3 Å². The van der Waals surface area contributed by atoms with Crippen molar-refractivity contribution in [2.75, 3.05) is 26.4 Å². The molecule has 19 heteroatoms. The number of aliphatic hydroxyl groups excluding tert-OH is 11. The van der Waals surface area contributed by atoms with Gasteiger partial charge in [-0.1, -0.05) is 276 Å². The van der Waals surface area contributed by atoms with Crippen molar-refractivity contribution in [3.8, 4) is 0 Å². The van der Waals surface area contributed by atoms with Crippen LogP contribution in [0.4, 0.5) is 0 Å². The van der Waals surface area contributed by atoms with E-state index in [0.717, 1.165) is 38.5 Å². The minimum Gasteiger partial charge on any atom is -0.394 e. The van der Waals surface area contributed by atoms with Gasteiger partial charge in [0.2, 0.25) is 5.91 Å². The lowest BCUT2D eigenvalue weighted by Gasteiger charge is -2.48. The standard InChI is InChI=1S/C71H133NO18/c1-3-5-7-9-11-13-15-17-19-21-23-25-26-27-28-29-30-32-34-36-38-40-42-44-46-48-55(76)54(72-59(77)49-47-45-43-41-39-37-35-33-31-24-22-20-18-16-14-12-10-8-6-4-2)53-85-69-65(83)62(80)67(57(51-74)87-69)90-71-66(84)63(81)68(58(52-75)88-71)89-70-64(82)61(79)60(78)56(50-73)86-70/h38,40,46,48,54-58,60-71,73-76,78-84H,3-37,39,41-45,47,49-53H2,1-2H3,(H,72,77)/b40-38+,48-46+. The van der Waals surface area contributed by atoms with Gasteiger partial charge in [-0.2, -0.15) is 0 Å². The molecule has 12 N–H and O–H groups in total. The molecule has 0 aliphatic carbocycles. The van der Waals surface area contributed by atoms with E-state index in [9.17, 15) is 61.0 Å². The summed E-state index contributed by atoms with van der Waals surface area (Å²) in [6, 6.07) is -0.987. The molecule has 3 heterocycles. The molecule has 3 saturated heterocycles. The Morgan fingerprint density at radius 1 is 0.389 bits per heavy atom. The zero-order valence-electron chi connectivity index (χ0n) is 56.1. The van der Waals surface area contributed by atoms with Crippen LogP contribution in [0.25, 0.3) is 0 Å². The van der Waals surface area contributed by atoms with Crippen molar-refractivity contribution in [1.29, 1.82) is 0 Å². The average molecular weight is 1290 g/mol. The van der Waals surface area contributed by atoms with E-state index in [1.807, 2.05) is 6.08 Å². The molecule has 0 radical (unpaired) electrons. The number of hydrogen-bond donors (Lipinski definition) is 12. The fourth-order valence-electron chi connectivity index (χ4n) is 12.6. The highest BCUT2D eigenvalue weighted by molar-refractivity contribution is 5.76. The molecule has 0 aromatic carbocycles. The molecule has 530 valence electrons. The second-order valence-electron chi connectivity index (χ2n) is 26.4. The average Bonchev–Trinajstić information content (AvgIpc) is 1.16. The van der Waals surface area contributed by atoms with E-state index in [-0.39, 0.29) is 18.9 Å². The molecular weight excluding hydrogens is 1150 g/mol. The highest BCUT2D eigenvalue weighted by Gasteiger charge is 2.53. The van der Waals surface area contributed by atoms with Crippen LogP contribution in [-0.2, 0) is 33.2 Å². The maximum Gasteiger partial charge on any atom is 0.220 e. The smallest absolute Gasteiger partial charge is 0.220 e. The molecule has 0 spiro atoms. The second-order valence-corrected chi connectivity index (χ2v) is 26.4. The fourth-order valence-corrected chi connectivity index (χ4v) is 12.6. The van der Waals surface area contributed by atoms with Crippen molar-refractivity contribution in [1.82, 2.24) is 5.32 Å². The molecule has 1 amide bonds. The molecule has 0 aromatic heterocycles. The molecule has 3 fully saturated rings. The highest BCUT2D eigenvalue weighted by atomic mass is 16.8. The molecule has 0 bridgehead atoms. The van der Waals surface area contributed by atoms with E-state index in [1.54, 1.807) is 6.08 Å². The van der Waals surface area contributed by atoms with Gasteiger partial charge in [-0.05, 0) is 32.1 Å². The monoisotopic (exact) mass is 1290 g/mol. The summed E-state index contributed by atoms with van der Waals surface area (Å²) in [7, 11) is 0. The summed E-state index contributed by atoms with van der Waals surface area (Å²) in [5, 5.41) is 121. The van der Waals surface area contributed by atoms with Gasteiger partial charge < -0.3 is 89.9 Å². The number of aliphatic hydroxyl groups is 11. The largest absolute Gasteiger partial charge is 0.394 e. The predicted molar refractivity (Wildman–Crippen MR) is 351 cm³/mol. The van der Waals surface area contributed by atoms with Crippen molar-refractivity contribution < 1.29 is 89.4 Å². The molecule has 90 heavy (non-hydrogen) atoms. The van der Waals surface area contributed by atoms with Crippen LogP contribution in [0.1, 0.15) is 290 Å². The van der Waals surface area contributed by atoms with Gasteiger partial charge in [0.15, 0.2) is 18.9 Å². The van der Waals surface area contributed by atoms with E-state index < -0.39 is 124 Å². The van der Waals surface area contributed by atoms with Crippen molar-refractivity contribution in [3.05, 3.63) is 24.3 Å². The Morgan fingerprint density at radius 2 is 0.711 bits per heavy atom. The zero-order valence-corrected chi connectivity index (χ0v) is 56.1. The minimum atomic E-state index is -1.98. The van der Waals surface area contributed by atoms with Crippen LogP contribution < -0.4 is 5.32 Å². The Balaban J connectivity index is 1.43. The number of carbonyl (C=O) groups excluding carboxylic acids is 1. The van der Waals surface area contributed by atoms with E-state index in [1.165, 1.54) is 218 Å². The van der Waals surface area contributed by atoms with Crippen LogP contribution in [0, 0.1) is 0 Å². The van der Waals surface area contributed by atoms with Gasteiger partial charge in [-0.25, -0.2) is 0 Å². The first-order valence-corrected chi connectivity index (χ1v) is 36.6. The zero-order chi connectivity index (χ0) is 65.4. The summed E-state index contributed by atoms with van der Waals surface area (Å²) in [5.74, 6) is -0.279. The van der Waals surface area contributed by atoms with Crippen LogP contribution in [0.2, 0.25) is 0 Å². The SMILES string of the molecule is CCCCCCCCCCCCCCCCCCCCC/C=C/CC/C=C/C(O)C(COC1OC(CO)C(OC2OC(CO)C(OC3OC(CO)C(O)C(O)C3O)C(O)C2O)C(O)C1O)NC(=O)CCCCCCCCCCCCCCCCCCCCCC.